The summed E-state index contributed by atoms with van der Waals surface area (Å²) in [6.45, 7) is 0. The van der Waals surface area contributed by atoms with E-state index in [0.717, 1.165) is 5.56 Å². The largest absolute Gasteiger partial charge is 0.439 e. The first kappa shape index (κ1) is 12.7. The normalized spacial score (nSPS) is 11.1. The first-order valence-corrected chi connectivity index (χ1v) is 6.59. The lowest BCUT2D eigenvalue weighted by Gasteiger charge is -2.04. The number of nitrogens with zero attached hydrogens (tertiary/aromatic N) is 5. The van der Waals surface area contributed by atoms with Gasteiger partial charge in [0.2, 0.25) is 5.82 Å². The zero-order chi connectivity index (χ0) is 15.1. The fourth-order valence-electron chi connectivity index (χ4n) is 2.12. The van der Waals surface area contributed by atoms with Crippen LogP contribution in [0.4, 0.5) is 0 Å². The molecular weight excluding hydrogens is 308 g/mol. The molecule has 8 nitrogen and oxygen atoms in total. The maximum absolute atomic E-state index is 11.0. The van der Waals surface area contributed by atoms with E-state index in [4.69, 9.17) is 11.6 Å². The van der Waals surface area contributed by atoms with Gasteiger partial charge in [-0.25, -0.2) is 19.7 Å². The van der Waals surface area contributed by atoms with Gasteiger partial charge in [0.25, 0.3) is 0 Å². The van der Waals surface area contributed by atoms with Crippen LogP contribution in [0.3, 0.4) is 0 Å². The van der Waals surface area contributed by atoms with Gasteiger partial charge in [0, 0.05) is 24.2 Å². The van der Waals surface area contributed by atoms with E-state index < -0.39 is 5.76 Å². The number of aromatic nitrogens is 6. The fourth-order valence-corrected chi connectivity index (χ4v) is 2.38. The molecule has 4 rings (SSSR count). The Morgan fingerprint density at radius 1 is 1.18 bits per heavy atom. The van der Waals surface area contributed by atoms with Gasteiger partial charge in [-0.3, -0.25) is 9.51 Å². The number of hydrogen-bond donors (Lipinski definition) is 1. The number of rotatable bonds is 2. The van der Waals surface area contributed by atoms with Crippen molar-refractivity contribution in [3.05, 3.63) is 52.6 Å². The van der Waals surface area contributed by atoms with Gasteiger partial charge in [-0.15, -0.1) is 0 Å². The highest BCUT2D eigenvalue weighted by Gasteiger charge is 2.10. The average molecular weight is 315 g/mol. The van der Waals surface area contributed by atoms with E-state index in [-0.39, 0.29) is 5.82 Å². The van der Waals surface area contributed by atoms with Crippen LogP contribution < -0.4 is 5.76 Å². The molecule has 22 heavy (non-hydrogen) atoms. The summed E-state index contributed by atoms with van der Waals surface area (Å²) in [5, 5.41) is 4.12. The van der Waals surface area contributed by atoms with Crippen LogP contribution in [0.25, 0.3) is 28.4 Å². The van der Waals surface area contributed by atoms with Crippen LogP contribution in [0.5, 0.6) is 0 Å². The summed E-state index contributed by atoms with van der Waals surface area (Å²) in [7, 11) is 0. The van der Waals surface area contributed by atoms with Crippen LogP contribution in [-0.2, 0) is 0 Å². The molecule has 9 heteroatoms. The Bertz CT molecular complexity index is 1030. The molecule has 4 aromatic heterocycles. The number of aromatic amines is 1. The van der Waals surface area contributed by atoms with Crippen molar-refractivity contribution in [2.75, 3.05) is 0 Å². The van der Waals surface area contributed by atoms with E-state index in [9.17, 15) is 4.79 Å². The van der Waals surface area contributed by atoms with Crippen LogP contribution >= 0.6 is 11.6 Å². The smallest absolute Gasteiger partial charge is 0.305 e. The number of nitrogens with one attached hydrogen (secondary N) is 1. The summed E-state index contributed by atoms with van der Waals surface area (Å²) in [5.74, 6) is -0.401. The highest BCUT2D eigenvalue weighted by Crippen LogP contribution is 2.25. The molecule has 108 valence electrons. The standard InChI is InChI=1S/C13H7ClN6O2/c14-8-3-7(5-20-2-1-15-12(8)20)9-4-10(17-6-16-9)11-18-13(21)22-19-11/h1-6H,(H,18,19,21). The van der Waals surface area contributed by atoms with Gasteiger partial charge >= 0.3 is 5.76 Å². The molecule has 0 spiro atoms. The van der Waals surface area contributed by atoms with Crippen LogP contribution in [-0.4, -0.2) is 29.5 Å². The summed E-state index contributed by atoms with van der Waals surface area (Å²) in [6.07, 6.45) is 6.69. The fraction of sp³-hybridized carbons (Fsp3) is 0. The molecule has 1 N–H and O–H groups in total. The van der Waals surface area contributed by atoms with E-state index >= 15 is 0 Å². The van der Waals surface area contributed by atoms with E-state index in [1.165, 1.54) is 6.33 Å². The highest BCUT2D eigenvalue weighted by molar-refractivity contribution is 6.33. The monoisotopic (exact) mass is 314 g/mol. The Morgan fingerprint density at radius 3 is 2.86 bits per heavy atom. The van der Waals surface area contributed by atoms with Crippen molar-refractivity contribution in [2.24, 2.45) is 0 Å². The lowest BCUT2D eigenvalue weighted by molar-refractivity contribution is 0.387. The molecule has 0 bridgehead atoms. The zero-order valence-corrected chi connectivity index (χ0v) is 11.7. The van der Waals surface area contributed by atoms with Crippen molar-refractivity contribution >= 4 is 17.2 Å². The molecule has 4 aromatic rings. The van der Waals surface area contributed by atoms with Crippen LogP contribution in [0, 0.1) is 0 Å². The summed E-state index contributed by atoms with van der Waals surface area (Å²) >= 11 is 6.21. The molecule has 0 saturated heterocycles. The summed E-state index contributed by atoms with van der Waals surface area (Å²) in [5.41, 5.74) is 2.52. The van der Waals surface area contributed by atoms with Crippen molar-refractivity contribution < 1.29 is 4.52 Å². The Hall–Kier alpha value is -3.00. The Labute approximate surface area is 127 Å². The molecule has 0 saturated carbocycles. The molecule has 0 aliphatic carbocycles. The predicted molar refractivity (Wildman–Crippen MR) is 77.3 cm³/mol. The second-order valence-corrected chi connectivity index (χ2v) is 4.87. The van der Waals surface area contributed by atoms with Crippen LogP contribution in [0.15, 0.2) is 46.4 Å². The molecule has 0 fully saturated rings. The number of halogens is 1. The number of pyridine rings is 1. The maximum atomic E-state index is 11.0. The number of hydrogen-bond acceptors (Lipinski definition) is 6. The lowest BCUT2D eigenvalue weighted by Crippen LogP contribution is -1.96. The Morgan fingerprint density at radius 2 is 2.05 bits per heavy atom. The quantitative estimate of drug-likeness (QED) is 0.605. The third-order valence-electron chi connectivity index (χ3n) is 3.09. The topological polar surface area (TPSA) is 102 Å². The highest BCUT2D eigenvalue weighted by atomic mass is 35.5. The average Bonchev–Trinajstić information content (AvgIpc) is 3.16. The summed E-state index contributed by atoms with van der Waals surface area (Å²) in [6, 6.07) is 3.45. The maximum Gasteiger partial charge on any atom is 0.439 e. The Balaban J connectivity index is 1.86. The third kappa shape index (κ3) is 2.06. The van der Waals surface area contributed by atoms with Crippen molar-refractivity contribution in [2.45, 2.75) is 0 Å². The van der Waals surface area contributed by atoms with E-state index in [1.807, 2.05) is 6.20 Å². The van der Waals surface area contributed by atoms with Gasteiger partial charge < -0.3 is 4.40 Å². The minimum Gasteiger partial charge on any atom is -0.305 e. The van der Waals surface area contributed by atoms with E-state index in [2.05, 4.69) is 29.6 Å². The van der Waals surface area contributed by atoms with Crippen LogP contribution in [0.1, 0.15) is 0 Å². The van der Waals surface area contributed by atoms with E-state index in [0.29, 0.717) is 22.1 Å². The minimum absolute atomic E-state index is 0.239. The first-order valence-electron chi connectivity index (χ1n) is 6.22. The molecule has 0 atom stereocenters. The van der Waals surface area contributed by atoms with Crippen LogP contribution in [0.2, 0.25) is 5.02 Å². The first-order chi connectivity index (χ1) is 10.7. The zero-order valence-electron chi connectivity index (χ0n) is 10.9. The molecule has 4 heterocycles. The van der Waals surface area contributed by atoms with E-state index in [1.54, 1.807) is 28.9 Å². The molecule has 0 aromatic carbocycles. The van der Waals surface area contributed by atoms with Gasteiger partial charge in [-0.05, 0) is 12.1 Å². The number of imidazole rings is 1. The molecule has 0 unspecified atom stereocenters. The van der Waals surface area contributed by atoms with Gasteiger partial charge in [-0.2, -0.15) is 0 Å². The minimum atomic E-state index is -0.641. The SMILES string of the molecule is O=c1[nH]c(-c2cc(-c3cc(Cl)c4nccn4c3)ncn2)no1. The summed E-state index contributed by atoms with van der Waals surface area (Å²) < 4.78 is 6.28. The number of fused-ring (bicyclic) bond motifs is 1. The molecule has 0 aliphatic heterocycles. The summed E-state index contributed by atoms with van der Waals surface area (Å²) in [4.78, 5) is 25.9. The Kier molecular flexibility index (Phi) is 2.76. The number of H-pyrrole nitrogens is 1. The van der Waals surface area contributed by atoms with Crippen molar-refractivity contribution in [3.8, 4) is 22.8 Å². The molecular formula is C13H7ClN6O2. The second kappa shape index (κ2) is 4.78. The predicted octanol–water partition coefficient (Wildman–Crippen LogP) is 1.79. The molecule has 0 amide bonds. The molecule has 0 radical (unpaired) electrons. The van der Waals surface area contributed by atoms with Gasteiger partial charge in [0.1, 0.15) is 12.0 Å². The van der Waals surface area contributed by atoms with Gasteiger partial charge in [0.15, 0.2) is 5.65 Å². The van der Waals surface area contributed by atoms with Crippen molar-refractivity contribution in [3.63, 3.8) is 0 Å². The van der Waals surface area contributed by atoms with Crippen molar-refractivity contribution in [1.29, 1.82) is 0 Å². The van der Waals surface area contributed by atoms with Gasteiger partial charge in [0.05, 0.1) is 10.7 Å². The van der Waals surface area contributed by atoms with Gasteiger partial charge in [-0.1, -0.05) is 16.8 Å². The molecule has 0 aliphatic rings. The van der Waals surface area contributed by atoms with Crippen molar-refractivity contribution in [1.82, 2.24) is 29.5 Å². The second-order valence-electron chi connectivity index (χ2n) is 4.47. The third-order valence-corrected chi connectivity index (χ3v) is 3.37. The lowest BCUT2D eigenvalue weighted by atomic mass is 10.2.